The predicted octanol–water partition coefficient (Wildman–Crippen LogP) is 9.06. The Labute approximate surface area is 213 Å². The molecule has 0 spiro atoms. The van der Waals surface area contributed by atoms with Gasteiger partial charge < -0.3 is 0 Å². The summed E-state index contributed by atoms with van der Waals surface area (Å²) in [4.78, 5) is 17.9. The first-order chi connectivity index (χ1) is 17.0. The summed E-state index contributed by atoms with van der Waals surface area (Å²) in [5.74, 6) is 2.09. The van der Waals surface area contributed by atoms with Crippen LogP contribution in [0.3, 0.4) is 0 Å². The molecule has 2 nitrogen and oxygen atoms in total. The maximum atomic E-state index is 12.6. The molecule has 1 aromatic heterocycles. The van der Waals surface area contributed by atoms with Crippen molar-refractivity contribution in [3.8, 4) is 0 Å². The number of aryl methyl sites for hydroxylation is 3. The quantitative estimate of drug-likeness (QED) is 0.150. The molecule has 0 radical (unpaired) electrons. The van der Waals surface area contributed by atoms with Gasteiger partial charge in [-0.2, -0.15) is 0 Å². The number of pyridine rings is 1. The van der Waals surface area contributed by atoms with Gasteiger partial charge in [0.2, 0.25) is 0 Å². The van der Waals surface area contributed by atoms with E-state index in [1.165, 1.54) is 78.6 Å². The summed E-state index contributed by atoms with van der Waals surface area (Å²) in [5.41, 5.74) is 8.82. The number of nitrogens with zero attached hydrogens (tertiary/aromatic N) is 1. The van der Waals surface area contributed by atoms with Gasteiger partial charge in [-0.15, -0.1) is 0 Å². The highest BCUT2D eigenvalue weighted by Crippen LogP contribution is 2.46. The third kappa shape index (κ3) is 6.32. The van der Waals surface area contributed by atoms with Crippen molar-refractivity contribution < 1.29 is 4.79 Å². The summed E-state index contributed by atoms with van der Waals surface area (Å²) in [6.45, 7) is 11.1. The van der Waals surface area contributed by atoms with E-state index in [4.69, 9.17) is 4.98 Å². The standard InChI is InChI=1S/C33H45NO/c1-5-6-7-8-13-32(35)28-16-15-26(24(3)22-28)17-18-29-19-21-30-25(4)23(2)14-20-31(33(30)34-29)27-11-9-10-12-27/h15-16,19,21-22,25,27,31H,2,5-14,17-18,20H2,1,3-4H3. The van der Waals surface area contributed by atoms with Crippen molar-refractivity contribution in [3.05, 3.63) is 76.1 Å². The summed E-state index contributed by atoms with van der Waals surface area (Å²) < 4.78 is 0. The number of ketones is 1. The Hall–Kier alpha value is -2.22. The fraction of sp³-hybridized carbons (Fsp3) is 0.576. The first-order valence-corrected chi connectivity index (χ1v) is 14.3. The van der Waals surface area contributed by atoms with Crippen molar-refractivity contribution >= 4 is 5.78 Å². The molecule has 2 heteroatoms. The molecule has 0 bridgehead atoms. The maximum Gasteiger partial charge on any atom is 0.162 e. The zero-order valence-electron chi connectivity index (χ0n) is 22.4. The van der Waals surface area contributed by atoms with Gasteiger partial charge in [-0.1, -0.05) is 76.3 Å². The van der Waals surface area contributed by atoms with Gasteiger partial charge in [0.1, 0.15) is 0 Å². The normalized spacial score (nSPS) is 20.6. The van der Waals surface area contributed by atoms with E-state index in [0.717, 1.165) is 43.6 Å². The maximum absolute atomic E-state index is 12.6. The number of unbranched alkanes of at least 4 members (excludes halogenated alkanes) is 3. The second-order valence-corrected chi connectivity index (χ2v) is 11.2. The third-order valence-corrected chi connectivity index (χ3v) is 8.76. The monoisotopic (exact) mass is 471 g/mol. The lowest BCUT2D eigenvalue weighted by Gasteiger charge is -2.24. The second kappa shape index (κ2) is 12.2. The summed E-state index contributed by atoms with van der Waals surface area (Å²) in [7, 11) is 0. The number of fused-ring (bicyclic) bond motifs is 1. The lowest BCUT2D eigenvalue weighted by atomic mass is 9.83. The van der Waals surface area contributed by atoms with Gasteiger partial charge in [0.05, 0.1) is 0 Å². The van der Waals surface area contributed by atoms with E-state index < -0.39 is 0 Å². The van der Waals surface area contributed by atoms with Crippen molar-refractivity contribution in [2.24, 2.45) is 5.92 Å². The molecule has 2 aliphatic rings. The second-order valence-electron chi connectivity index (χ2n) is 11.2. The summed E-state index contributed by atoms with van der Waals surface area (Å²) in [6.07, 6.45) is 15.0. The van der Waals surface area contributed by atoms with E-state index in [0.29, 0.717) is 18.3 Å². The number of carbonyl (C=O) groups is 1. The van der Waals surface area contributed by atoms with Crippen LogP contribution >= 0.6 is 0 Å². The SMILES string of the molecule is C=C1CCC(C2CCCC2)c2nc(CCc3ccc(C(=O)CCCCCC)cc3C)ccc2C1C. The molecule has 1 fully saturated rings. The Morgan fingerprint density at radius 1 is 1.03 bits per heavy atom. The Balaban J connectivity index is 1.45. The van der Waals surface area contributed by atoms with Gasteiger partial charge in [0.25, 0.3) is 0 Å². The van der Waals surface area contributed by atoms with Crippen LogP contribution in [0.2, 0.25) is 0 Å². The van der Waals surface area contributed by atoms with Crippen molar-refractivity contribution in [1.29, 1.82) is 0 Å². The molecule has 0 amide bonds. The minimum atomic E-state index is 0.289. The summed E-state index contributed by atoms with van der Waals surface area (Å²) in [6, 6.07) is 10.9. The van der Waals surface area contributed by atoms with E-state index >= 15 is 0 Å². The van der Waals surface area contributed by atoms with Gasteiger partial charge >= 0.3 is 0 Å². The molecule has 0 N–H and O–H groups in total. The lowest BCUT2D eigenvalue weighted by Crippen LogP contribution is -2.14. The van der Waals surface area contributed by atoms with Gasteiger partial charge in [0.15, 0.2) is 5.78 Å². The molecule has 2 aliphatic carbocycles. The lowest BCUT2D eigenvalue weighted by molar-refractivity contribution is 0.0979. The third-order valence-electron chi connectivity index (χ3n) is 8.76. The van der Waals surface area contributed by atoms with E-state index in [9.17, 15) is 4.79 Å². The average molecular weight is 472 g/mol. The smallest absolute Gasteiger partial charge is 0.162 e. The fourth-order valence-electron chi connectivity index (χ4n) is 6.33. The molecule has 2 unspecified atom stereocenters. The number of allylic oxidation sites excluding steroid dienone is 1. The number of benzene rings is 1. The van der Waals surface area contributed by atoms with Crippen LogP contribution in [0.25, 0.3) is 0 Å². The van der Waals surface area contributed by atoms with E-state index in [2.05, 4.69) is 51.6 Å². The fourth-order valence-corrected chi connectivity index (χ4v) is 6.33. The van der Waals surface area contributed by atoms with Gasteiger partial charge in [-0.05, 0) is 86.6 Å². The van der Waals surface area contributed by atoms with Gasteiger partial charge in [0, 0.05) is 35.2 Å². The number of rotatable bonds is 10. The first kappa shape index (κ1) is 25.9. The first-order valence-electron chi connectivity index (χ1n) is 14.3. The highest BCUT2D eigenvalue weighted by molar-refractivity contribution is 5.96. The van der Waals surface area contributed by atoms with Gasteiger partial charge in [-0.25, -0.2) is 0 Å². The molecule has 4 rings (SSSR count). The van der Waals surface area contributed by atoms with Crippen molar-refractivity contribution in [1.82, 2.24) is 4.98 Å². The molecule has 1 heterocycles. The molecule has 2 aromatic rings. The highest BCUT2D eigenvalue weighted by atomic mass is 16.1. The van der Waals surface area contributed by atoms with E-state index in [1.807, 2.05) is 6.07 Å². The average Bonchev–Trinajstić information content (AvgIpc) is 3.36. The van der Waals surface area contributed by atoms with Crippen LogP contribution in [-0.4, -0.2) is 10.8 Å². The van der Waals surface area contributed by atoms with Crippen molar-refractivity contribution in [3.63, 3.8) is 0 Å². The summed E-state index contributed by atoms with van der Waals surface area (Å²) in [5, 5.41) is 0. The number of hydrogen-bond acceptors (Lipinski definition) is 2. The van der Waals surface area contributed by atoms with Crippen LogP contribution < -0.4 is 0 Å². The van der Waals surface area contributed by atoms with Crippen LogP contribution in [0.1, 0.15) is 135 Å². The molecule has 35 heavy (non-hydrogen) atoms. The Kier molecular flexibility index (Phi) is 8.98. The van der Waals surface area contributed by atoms with Crippen molar-refractivity contribution in [2.45, 2.75) is 116 Å². The number of aromatic nitrogens is 1. The Bertz CT molecular complexity index is 1030. The topological polar surface area (TPSA) is 30.0 Å². The molecule has 0 saturated heterocycles. The van der Waals surface area contributed by atoms with Crippen LogP contribution in [0.5, 0.6) is 0 Å². The number of hydrogen-bond donors (Lipinski definition) is 0. The molecular formula is C33H45NO. The minimum absolute atomic E-state index is 0.289. The van der Waals surface area contributed by atoms with E-state index in [1.54, 1.807) is 0 Å². The molecule has 188 valence electrons. The Morgan fingerprint density at radius 2 is 1.83 bits per heavy atom. The van der Waals surface area contributed by atoms with Crippen LogP contribution in [0.15, 0.2) is 42.5 Å². The molecule has 0 aliphatic heterocycles. The van der Waals surface area contributed by atoms with Crippen LogP contribution in [-0.2, 0) is 12.8 Å². The zero-order valence-corrected chi connectivity index (χ0v) is 22.4. The number of Topliss-reactive ketones (excluding diaryl/α,β-unsaturated/α-hetero) is 1. The minimum Gasteiger partial charge on any atom is -0.294 e. The Morgan fingerprint density at radius 3 is 2.57 bits per heavy atom. The molecule has 2 atom stereocenters. The predicted molar refractivity (Wildman–Crippen MR) is 147 cm³/mol. The number of carbonyl (C=O) groups excluding carboxylic acids is 1. The molecular weight excluding hydrogens is 426 g/mol. The molecule has 1 saturated carbocycles. The van der Waals surface area contributed by atoms with Crippen LogP contribution in [0, 0.1) is 12.8 Å². The van der Waals surface area contributed by atoms with E-state index in [-0.39, 0.29) is 5.78 Å². The van der Waals surface area contributed by atoms with Gasteiger partial charge in [-0.3, -0.25) is 9.78 Å². The zero-order chi connectivity index (χ0) is 24.8. The van der Waals surface area contributed by atoms with Crippen LogP contribution in [0.4, 0.5) is 0 Å². The largest absolute Gasteiger partial charge is 0.294 e. The molecule has 1 aromatic carbocycles. The summed E-state index contributed by atoms with van der Waals surface area (Å²) >= 11 is 0. The van der Waals surface area contributed by atoms with Crippen molar-refractivity contribution in [2.75, 3.05) is 0 Å². The highest BCUT2D eigenvalue weighted by Gasteiger charge is 2.33.